The fourth-order valence-electron chi connectivity index (χ4n) is 0.176. The van der Waals surface area contributed by atoms with Crippen molar-refractivity contribution in [1.82, 2.24) is 4.98 Å². The van der Waals surface area contributed by atoms with Gasteiger partial charge in [0, 0.05) is 31.7 Å². The summed E-state index contributed by atoms with van der Waals surface area (Å²) >= 11 is 1.60. The number of thiazole rings is 1. The summed E-state index contributed by atoms with van der Waals surface area (Å²) in [7, 11) is 0. The van der Waals surface area contributed by atoms with Gasteiger partial charge in [0.05, 0.1) is 5.51 Å². The van der Waals surface area contributed by atoms with Gasteiger partial charge in [-0.2, -0.15) is 0 Å². The Bertz CT molecular complexity index is 78.2. The second-order valence-electron chi connectivity index (χ2n) is 0.676. The van der Waals surface area contributed by atoms with Gasteiger partial charge in [0.15, 0.2) is 0 Å². The second-order valence-corrected chi connectivity index (χ2v) is 1.43. The molecule has 1 radical (unpaired) electrons. The van der Waals surface area contributed by atoms with Crippen molar-refractivity contribution >= 4 is 73.4 Å². The largest absolute Gasteiger partial charge is 0.253 e. The van der Waals surface area contributed by atoms with Crippen LogP contribution in [-0.2, 0) is 20.1 Å². The van der Waals surface area contributed by atoms with Crippen LogP contribution < -0.4 is 0 Å². The van der Waals surface area contributed by atoms with Crippen LogP contribution in [0.4, 0.5) is 0 Å². The molecule has 0 saturated carbocycles. The fraction of sp³-hybridized carbons (Fsp3) is 0. The van der Waals surface area contributed by atoms with Gasteiger partial charge in [0.1, 0.15) is 0 Å². The van der Waals surface area contributed by atoms with Gasteiger partial charge in [-0.15, -0.1) is 73.4 Å². The quantitative estimate of drug-likeness (QED) is 0.581. The van der Waals surface area contributed by atoms with Crippen LogP contribution in [0.1, 0.15) is 0 Å². The van der Waals surface area contributed by atoms with E-state index in [1.54, 1.807) is 23.0 Å². The van der Waals surface area contributed by atoms with E-state index >= 15 is 0 Å². The molecule has 0 atom stereocenters. The van der Waals surface area contributed by atoms with Crippen LogP contribution in [0, 0.1) is 0 Å². The summed E-state index contributed by atoms with van der Waals surface area (Å²) in [5.74, 6) is 0. The van der Waals surface area contributed by atoms with Crippen molar-refractivity contribution in [2.75, 3.05) is 0 Å². The number of hydrogen-bond acceptors (Lipinski definition) is 2. The first kappa shape index (κ1) is 38.7. The minimum absolute atomic E-state index is 0. The monoisotopic (exact) mass is 458 g/mol. The van der Waals surface area contributed by atoms with Gasteiger partial charge >= 0.3 is 0 Å². The zero-order valence-electron chi connectivity index (χ0n) is 4.96. The smallest absolute Gasteiger partial charge is 0.0791 e. The van der Waals surface area contributed by atoms with Gasteiger partial charge in [-0.1, -0.05) is 0 Å². The molecule has 0 aromatic carbocycles. The van der Waals surface area contributed by atoms with Gasteiger partial charge in [-0.05, 0) is 0 Å². The molecular weight excluding hydrogens is 452 g/mol. The molecule has 8 heteroatoms. The molecule has 75 valence electrons. The van der Waals surface area contributed by atoms with E-state index in [4.69, 9.17) is 0 Å². The van der Waals surface area contributed by atoms with Gasteiger partial charge in [-0.25, -0.2) is 0 Å². The first-order chi connectivity index (χ1) is 2.50. The standard InChI is InChI=1S/C3H3NS.5ClH.Ir/c1-2-5-3-4-1;;;;;;/h1-3H;5*1H;. The minimum atomic E-state index is 0. The van der Waals surface area contributed by atoms with Crippen LogP contribution in [0.3, 0.4) is 0 Å². The summed E-state index contributed by atoms with van der Waals surface area (Å²) in [5, 5.41) is 1.93. The van der Waals surface area contributed by atoms with Crippen LogP contribution in [0.2, 0.25) is 0 Å². The molecule has 1 heterocycles. The van der Waals surface area contributed by atoms with Crippen molar-refractivity contribution in [2.45, 2.75) is 0 Å². The van der Waals surface area contributed by atoms with Gasteiger partial charge < -0.3 is 0 Å². The predicted molar refractivity (Wildman–Crippen MR) is 58.4 cm³/mol. The third-order valence-corrected chi connectivity index (χ3v) is 0.869. The van der Waals surface area contributed by atoms with E-state index in [1.165, 1.54) is 0 Å². The Hall–Kier alpha value is 1.73. The number of aromatic nitrogens is 1. The van der Waals surface area contributed by atoms with E-state index in [1.807, 2.05) is 5.38 Å². The van der Waals surface area contributed by atoms with Gasteiger partial charge in [0.25, 0.3) is 0 Å². The van der Waals surface area contributed by atoms with Crippen LogP contribution in [0.5, 0.6) is 0 Å². The second kappa shape index (κ2) is 29.8. The molecule has 1 aromatic rings. The number of halogens is 5. The molecule has 0 spiro atoms. The third-order valence-electron chi connectivity index (χ3n) is 0.347. The molecule has 1 nitrogen and oxygen atoms in total. The molecule has 0 aliphatic rings. The molecule has 1 aromatic heterocycles. The summed E-state index contributed by atoms with van der Waals surface area (Å²) in [5.41, 5.74) is 1.79. The van der Waals surface area contributed by atoms with E-state index in [9.17, 15) is 0 Å². The molecule has 0 aliphatic carbocycles. The Morgan fingerprint density at radius 3 is 1.45 bits per heavy atom. The van der Waals surface area contributed by atoms with E-state index in [0.717, 1.165) is 0 Å². The van der Waals surface area contributed by atoms with Gasteiger partial charge in [0.2, 0.25) is 0 Å². The summed E-state index contributed by atoms with van der Waals surface area (Å²) in [6.45, 7) is 0. The maximum Gasteiger partial charge on any atom is 0.0791 e. The number of rotatable bonds is 0. The SMILES string of the molecule is Cl.Cl.Cl.Cl.Cl.[Ir].c1cscn1. The first-order valence-electron chi connectivity index (χ1n) is 1.32. The maximum absolute atomic E-state index is 3.74. The van der Waals surface area contributed by atoms with E-state index in [-0.39, 0.29) is 82.1 Å². The predicted octanol–water partition coefficient (Wildman–Crippen LogP) is 3.25. The molecule has 0 fully saturated rings. The first-order valence-corrected chi connectivity index (χ1v) is 2.26. The molecule has 0 aliphatic heterocycles. The van der Waals surface area contributed by atoms with Crippen molar-refractivity contribution < 1.29 is 20.1 Å². The van der Waals surface area contributed by atoms with E-state index in [2.05, 4.69) is 4.98 Å². The molecular formula is C3H8Cl5IrNS. The van der Waals surface area contributed by atoms with E-state index < -0.39 is 0 Å². The van der Waals surface area contributed by atoms with Crippen molar-refractivity contribution in [3.63, 3.8) is 0 Å². The zero-order valence-corrected chi connectivity index (χ0v) is 12.3. The Labute approximate surface area is 115 Å². The topological polar surface area (TPSA) is 12.9 Å². The molecule has 0 N–H and O–H groups in total. The summed E-state index contributed by atoms with van der Waals surface area (Å²) < 4.78 is 0. The average Bonchev–Trinajstić information content (AvgIpc) is 1.76. The summed E-state index contributed by atoms with van der Waals surface area (Å²) in [6, 6.07) is 0. The molecule has 11 heavy (non-hydrogen) atoms. The Morgan fingerprint density at radius 1 is 0.909 bits per heavy atom. The van der Waals surface area contributed by atoms with Crippen LogP contribution in [0.25, 0.3) is 0 Å². The van der Waals surface area contributed by atoms with Crippen LogP contribution in [-0.4, -0.2) is 4.98 Å². The van der Waals surface area contributed by atoms with Crippen molar-refractivity contribution in [2.24, 2.45) is 0 Å². The molecule has 0 amide bonds. The molecule has 0 saturated heterocycles. The third kappa shape index (κ3) is 24.5. The number of hydrogen-bond donors (Lipinski definition) is 0. The normalized spacial score (nSPS) is 3.64. The maximum atomic E-state index is 3.74. The zero-order chi connectivity index (χ0) is 3.54. The van der Waals surface area contributed by atoms with E-state index in [0.29, 0.717) is 0 Å². The van der Waals surface area contributed by atoms with Crippen LogP contribution in [0.15, 0.2) is 17.1 Å². The van der Waals surface area contributed by atoms with Gasteiger partial charge in [-0.3, -0.25) is 4.98 Å². The Morgan fingerprint density at radius 2 is 1.36 bits per heavy atom. The van der Waals surface area contributed by atoms with Crippen molar-refractivity contribution in [1.29, 1.82) is 0 Å². The average molecular weight is 460 g/mol. The molecule has 0 bridgehead atoms. The Kier molecular flexibility index (Phi) is 105. The van der Waals surface area contributed by atoms with Crippen molar-refractivity contribution in [3.05, 3.63) is 17.1 Å². The number of nitrogens with zero attached hydrogens (tertiary/aromatic N) is 1. The summed E-state index contributed by atoms with van der Waals surface area (Å²) in [6.07, 6.45) is 1.77. The fourth-order valence-corrected chi connectivity index (χ4v) is 0.527. The summed E-state index contributed by atoms with van der Waals surface area (Å²) in [4.78, 5) is 3.74. The van der Waals surface area contributed by atoms with Crippen molar-refractivity contribution in [3.8, 4) is 0 Å². The van der Waals surface area contributed by atoms with Crippen LogP contribution >= 0.6 is 73.4 Å². The minimum Gasteiger partial charge on any atom is -0.253 e. The molecule has 1 rings (SSSR count). The molecule has 0 unspecified atom stereocenters. The Balaban J connectivity index is -0.0000000104.